The van der Waals surface area contributed by atoms with Crippen molar-refractivity contribution >= 4 is 38.6 Å². The van der Waals surface area contributed by atoms with E-state index in [1.807, 2.05) is 11.3 Å². The zero-order chi connectivity index (χ0) is 15.4. The molecule has 0 aliphatic heterocycles. The molecule has 0 radical (unpaired) electrons. The van der Waals surface area contributed by atoms with Crippen LogP contribution in [0.15, 0.2) is 33.4 Å². The van der Waals surface area contributed by atoms with Crippen molar-refractivity contribution in [2.75, 3.05) is 0 Å². The van der Waals surface area contributed by atoms with Crippen LogP contribution in [0.5, 0.6) is 0 Å². The van der Waals surface area contributed by atoms with Crippen LogP contribution in [0.3, 0.4) is 0 Å². The molecule has 0 amide bonds. The molecule has 2 N–H and O–H groups in total. The maximum absolute atomic E-state index is 6.48. The highest BCUT2D eigenvalue weighted by Crippen LogP contribution is 2.34. The van der Waals surface area contributed by atoms with Gasteiger partial charge in [-0.15, -0.1) is 22.7 Å². The van der Waals surface area contributed by atoms with Crippen molar-refractivity contribution in [1.29, 1.82) is 0 Å². The van der Waals surface area contributed by atoms with E-state index < -0.39 is 0 Å². The van der Waals surface area contributed by atoms with E-state index in [0.29, 0.717) is 6.04 Å². The number of hydrogen-bond donors (Lipinski definition) is 1. The van der Waals surface area contributed by atoms with E-state index in [1.165, 1.54) is 9.75 Å². The maximum Gasteiger partial charge on any atom is 0.0599 e. The normalized spacial score (nSPS) is 14.8. The molecule has 0 aliphatic rings. The molecule has 116 valence electrons. The lowest BCUT2D eigenvalue weighted by atomic mass is 10.0. The summed E-state index contributed by atoms with van der Waals surface area (Å²) in [5.41, 5.74) is 6.48. The molecule has 2 nitrogen and oxygen atoms in total. The third-order valence-corrected chi connectivity index (χ3v) is 6.32. The van der Waals surface area contributed by atoms with Gasteiger partial charge in [0.2, 0.25) is 0 Å². The van der Waals surface area contributed by atoms with Crippen molar-refractivity contribution in [3.63, 3.8) is 0 Å². The van der Waals surface area contributed by atoms with E-state index >= 15 is 0 Å². The number of nitrogens with zero attached hydrogens (tertiary/aromatic N) is 1. The van der Waals surface area contributed by atoms with Crippen LogP contribution in [0, 0.1) is 0 Å². The van der Waals surface area contributed by atoms with Crippen LogP contribution >= 0.6 is 38.6 Å². The number of rotatable bonds is 7. The molecule has 2 rings (SSSR count). The van der Waals surface area contributed by atoms with Gasteiger partial charge < -0.3 is 5.73 Å². The SMILES string of the molecule is CCC(N)C(c1cc(Br)cs1)N(Cc1cccs1)C(C)C. The van der Waals surface area contributed by atoms with Gasteiger partial charge in [-0.25, -0.2) is 0 Å². The van der Waals surface area contributed by atoms with E-state index in [2.05, 4.69) is 70.6 Å². The van der Waals surface area contributed by atoms with Gasteiger partial charge in [0.25, 0.3) is 0 Å². The van der Waals surface area contributed by atoms with Gasteiger partial charge in [0.15, 0.2) is 0 Å². The molecule has 2 atom stereocenters. The van der Waals surface area contributed by atoms with Crippen LogP contribution in [0.25, 0.3) is 0 Å². The second-order valence-corrected chi connectivity index (χ2v) is 8.42. The summed E-state index contributed by atoms with van der Waals surface area (Å²) in [5.74, 6) is 0. The molecule has 0 saturated heterocycles. The van der Waals surface area contributed by atoms with Crippen LogP contribution in [-0.4, -0.2) is 17.0 Å². The quantitative estimate of drug-likeness (QED) is 0.702. The lowest BCUT2D eigenvalue weighted by Gasteiger charge is -2.37. The topological polar surface area (TPSA) is 29.3 Å². The lowest BCUT2D eigenvalue weighted by molar-refractivity contribution is 0.125. The fourth-order valence-electron chi connectivity index (χ4n) is 2.51. The molecule has 0 aliphatic carbocycles. The van der Waals surface area contributed by atoms with Crippen molar-refractivity contribution in [3.05, 3.63) is 43.2 Å². The highest BCUT2D eigenvalue weighted by atomic mass is 79.9. The molecule has 2 aromatic rings. The van der Waals surface area contributed by atoms with Gasteiger partial charge in [-0.05, 0) is 53.7 Å². The summed E-state index contributed by atoms with van der Waals surface area (Å²) < 4.78 is 1.15. The summed E-state index contributed by atoms with van der Waals surface area (Å²) in [7, 11) is 0. The minimum Gasteiger partial charge on any atom is -0.326 e. The Kier molecular flexibility index (Phi) is 6.44. The molecule has 0 saturated carbocycles. The number of hydrogen-bond acceptors (Lipinski definition) is 4. The summed E-state index contributed by atoms with van der Waals surface area (Å²) in [6.07, 6.45) is 0.980. The largest absolute Gasteiger partial charge is 0.326 e. The van der Waals surface area contributed by atoms with Crippen molar-refractivity contribution < 1.29 is 0 Å². The molecule has 0 fully saturated rings. The summed E-state index contributed by atoms with van der Waals surface area (Å²) in [6, 6.07) is 7.42. The Bertz CT molecular complexity index is 536. The van der Waals surface area contributed by atoms with Crippen LogP contribution in [0.1, 0.15) is 43.0 Å². The van der Waals surface area contributed by atoms with Crippen LogP contribution in [0.4, 0.5) is 0 Å². The van der Waals surface area contributed by atoms with Crippen molar-refractivity contribution in [3.8, 4) is 0 Å². The molecule has 2 aromatic heterocycles. The summed E-state index contributed by atoms with van der Waals surface area (Å²) in [5, 5.41) is 4.29. The Morgan fingerprint density at radius 2 is 2.10 bits per heavy atom. The van der Waals surface area contributed by atoms with Crippen molar-refractivity contribution in [2.45, 2.75) is 51.9 Å². The molecular weight excluding hydrogens is 364 g/mol. The van der Waals surface area contributed by atoms with Crippen LogP contribution in [0.2, 0.25) is 0 Å². The van der Waals surface area contributed by atoms with E-state index in [9.17, 15) is 0 Å². The molecule has 21 heavy (non-hydrogen) atoms. The molecule has 2 heterocycles. The smallest absolute Gasteiger partial charge is 0.0599 e. The molecule has 2 unspecified atom stereocenters. The molecule has 0 spiro atoms. The van der Waals surface area contributed by atoms with E-state index in [0.717, 1.165) is 17.4 Å². The van der Waals surface area contributed by atoms with E-state index in [1.54, 1.807) is 11.3 Å². The Morgan fingerprint density at radius 1 is 1.33 bits per heavy atom. The fraction of sp³-hybridized carbons (Fsp3) is 0.500. The third kappa shape index (κ3) is 4.39. The van der Waals surface area contributed by atoms with Gasteiger partial charge in [-0.1, -0.05) is 13.0 Å². The predicted octanol–water partition coefficient (Wildman–Crippen LogP) is 5.26. The number of thiophene rings is 2. The number of halogens is 1. The van der Waals surface area contributed by atoms with Gasteiger partial charge in [0.05, 0.1) is 6.04 Å². The summed E-state index contributed by atoms with van der Waals surface area (Å²) in [4.78, 5) is 5.27. The standard InChI is InChI=1S/C16H23BrN2S2/c1-4-14(18)16(15-8-12(17)10-21-15)19(11(2)3)9-13-6-5-7-20-13/h5-8,10-11,14,16H,4,9,18H2,1-3H3. The second-order valence-electron chi connectivity index (χ2n) is 5.53. The zero-order valence-corrected chi connectivity index (χ0v) is 16.0. The summed E-state index contributed by atoms with van der Waals surface area (Å²) in [6.45, 7) is 7.64. The van der Waals surface area contributed by atoms with E-state index in [-0.39, 0.29) is 12.1 Å². The van der Waals surface area contributed by atoms with Gasteiger partial charge in [0.1, 0.15) is 0 Å². The Morgan fingerprint density at radius 3 is 2.57 bits per heavy atom. The monoisotopic (exact) mass is 386 g/mol. The minimum absolute atomic E-state index is 0.151. The minimum atomic E-state index is 0.151. The third-order valence-electron chi connectivity index (χ3n) is 3.70. The fourth-order valence-corrected chi connectivity index (χ4v) is 4.86. The molecule has 0 bridgehead atoms. The first-order chi connectivity index (χ1) is 10.0. The molecule has 0 aromatic carbocycles. The average molecular weight is 387 g/mol. The molecular formula is C16H23BrN2S2. The van der Waals surface area contributed by atoms with Crippen LogP contribution < -0.4 is 5.73 Å². The predicted molar refractivity (Wildman–Crippen MR) is 98.0 cm³/mol. The zero-order valence-electron chi connectivity index (χ0n) is 12.8. The van der Waals surface area contributed by atoms with E-state index in [4.69, 9.17) is 5.73 Å². The van der Waals surface area contributed by atoms with Crippen LogP contribution in [-0.2, 0) is 6.54 Å². The van der Waals surface area contributed by atoms with Crippen molar-refractivity contribution in [2.24, 2.45) is 5.73 Å². The first kappa shape index (κ1) is 17.2. The highest BCUT2D eigenvalue weighted by molar-refractivity contribution is 9.10. The number of nitrogens with two attached hydrogens (primary N) is 1. The second kappa shape index (κ2) is 7.88. The first-order valence-electron chi connectivity index (χ1n) is 7.30. The lowest BCUT2D eigenvalue weighted by Crippen LogP contribution is -2.43. The van der Waals surface area contributed by atoms with Gasteiger partial charge >= 0.3 is 0 Å². The van der Waals surface area contributed by atoms with Gasteiger partial charge in [-0.2, -0.15) is 0 Å². The van der Waals surface area contributed by atoms with Gasteiger partial charge in [0, 0.05) is 38.2 Å². The average Bonchev–Trinajstić information content (AvgIpc) is 3.09. The molecule has 5 heteroatoms. The highest BCUT2D eigenvalue weighted by Gasteiger charge is 2.29. The first-order valence-corrected chi connectivity index (χ1v) is 9.85. The summed E-state index contributed by atoms with van der Waals surface area (Å²) >= 11 is 7.18. The Labute approximate surface area is 144 Å². The maximum atomic E-state index is 6.48. The van der Waals surface area contributed by atoms with Crippen molar-refractivity contribution in [1.82, 2.24) is 4.90 Å². The Hall–Kier alpha value is -0.200. The Balaban J connectivity index is 2.30. The van der Waals surface area contributed by atoms with Gasteiger partial charge in [-0.3, -0.25) is 4.90 Å².